The molecule has 94 valence electrons. The maximum absolute atomic E-state index is 11.9. The van der Waals surface area contributed by atoms with Gasteiger partial charge in [0.15, 0.2) is 0 Å². The first-order valence-corrected chi connectivity index (χ1v) is 5.50. The zero-order chi connectivity index (χ0) is 13.4. The quantitative estimate of drug-likeness (QED) is 0.786. The summed E-state index contributed by atoms with van der Waals surface area (Å²) in [7, 11) is 0. The second-order valence-corrected chi connectivity index (χ2v) is 4.30. The number of anilines is 1. The molecule has 18 heavy (non-hydrogen) atoms. The number of carbonyl (C=O) groups excluding carboxylic acids is 2. The number of amides is 2. The Balaban J connectivity index is 2.35. The van der Waals surface area contributed by atoms with Gasteiger partial charge in [0.05, 0.1) is 11.9 Å². The number of nitrogens with zero attached hydrogens (tertiary/aromatic N) is 2. The largest absolute Gasteiger partial charge is 0.477 e. The van der Waals surface area contributed by atoms with Gasteiger partial charge in [0.25, 0.3) is 0 Å². The van der Waals surface area contributed by atoms with Crippen LogP contribution in [0.2, 0.25) is 0 Å². The Bertz CT molecular complexity index is 503. The van der Waals surface area contributed by atoms with E-state index in [1.807, 2.05) is 0 Å². The van der Waals surface area contributed by atoms with Gasteiger partial charge in [-0.1, -0.05) is 13.8 Å². The summed E-state index contributed by atoms with van der Waals surface area (Å²) < 4.78 is 0. The summed E-state index contributed by atoms with van der Waals surface area (Å²) in [6, 6.07) is 2.68. The summed E-state index contributed by atoms with van der Waals surface area (Å²) >= 11 is 0. The fourth-order valence-electron chi connectivity index (χ4n) is 1.84. The zero-order valence-corrected chi connectivity index (χ0v) is 9.95. The van der Waals surface area contributed by atoms with Crippen LogP contribution in [0.15, 0.2) is 18.3 Å². The minimum absolute atomic E-state index is 0.126. The molecule has 0 radical (unpaired) electrons. The Morgan fingerprint density at radius 3 is 2.17 bits per heavy atom. The van der Waals surface area contributed by atoms with Crippen molar-refractivity contribution in [2.75, 3.05) is 4.90 Å². The third kappa shape index (κ3) is 1.75. The van der Waals surface area contributed by atoms with Crippen molar-refractivity contribution in [3.63, 3.8) is 0 Å². The molecule has 0 bridgehead atoms. The summed E-state index contributed by atoms with van der Waals surface area (Å²) in [5.74, 6) is -2.44. The Labute approximate surface area is 103 Å². The summed E-state index contributed by atoms with van der Waals surface area (Å²) in [5.41, 5.74) is 0.185. The summed E-state index contributed by atoms with van der Waals surface area (Å²) in [4.78, 5) is 39.2. The molecule has 1 N–H and O–H groups in total. The fourth-order valence-corrected chi connectivity index (χ4v) is 1.84. The van der Waals surface area contributed by atoms with E-state index in [-0.39, 0.29) is 29.3 Å². The molecule has 1 aliphatic heterocycles. The predicted octanol–water partition coefficient (Wildman–Crippen LogP) is 0.925. The molecule has 6 heteroatoms. The van der Waals surface area contributed by atoms with E-state index in [0.717, 1.165) is 4.90 Å². The molecular formula is C12H12N2O4. The highest BCUT2D eigenvalue weighted by Gasteiger charge is 2.43. The standard InChI is InChI=1S/C12H12N2O4/c1-6-7(2)11(16)14(10(6)15)8-3-4-9(12(17)18)13-5-8/h3-7H,1-2H3,(H,17,18). The van der Waals surface area contributed by atoms with Crippen LogP contribution >= 0.6 is 0 Å². The van der Waals surface area contributed by atoms with Gasteiger partial charge in [-0.25, -0.2) is 14.7 Å². The number of imide groups is 1. The molecule has 2 amide bonds. The zero-order valence-electron chi connectivity index (χ0n) is 9.95. The summed E-state index contributed by atoms with van der Waals surface area (Å²) in [6.45, 7) is 3.40. The molecule has 0 saturated carbocycles. The van der Waals surface area contributed by atoms with Gasteiger partial charge in [-0.2, -0.15) is 0 Å². The Hall–Kier alpha value is -2.24. The highest BCUT2D eigenvalue weighted by atomic mass is 16.4. The third-order valence-corrected chi connectivity index (χ3v) is 3.20. The molecule has 0 spiro atoms. The van der Waals surface area contributed by atoms with Gasteiger partial charge < -0.3 is 5.11 Å². The number of pyridine rings is 1. The lowest BCUT2D eigenvalue weighted by Gasteiger charge is -2.13. The van der Waals surface area contributed by atoms with E-state index in [1.54, 1.807) is 13.8 Å². The van der Waals surface area contributed by atoms with Crippen LogP contribution in [0.25, 0.3) is 0 Å². The Morgan fingerprint density at radius 2 is 1.78 bits per heavy atom. The van der Waals surface area contributed by atoms with E-state index in [1.165, 1.54) is 18.3 Å². The van der Waals surface area contributed by atoms with Gasteiger partial charge in [0.2, 0.25) is 11.8 Å². The molecule has 1 aromatic rings. The summed E-state index contributed by atoms with van der Waals surface area (Å²) in [5, 5.41) is 8.72. The Morgan fingerprint density at radius 1 is 1.22 bits per heavy atom. The molecular weight excluding hydrogens is 236 g/mol. The normalized spacial score (nSPS) is 23.6. The van der Waals surface area contributed by atoms with Crippen molar-refractivity contribution in [1.82, 2.24) is 4.98 Å². The molecule has 6 nitrogen and oxygen atoms in total. The summed E-state index contributed by atoms with van der Waals surface area (Å²) in [6.07, 6.45) is 1.23. The van der Waals surface area contributed by atoms with Crippen LogP contribution in [0.3, 0.4) is 0 Å². The molecule has 0 aromatic carbocycles. The van der Waals surface area contributed by atoms with Crippen molar-refractivity contribution in [2.24, 2.45) is 11.8 Å². The number of hydrogen-bond donors (Lipinski definition) is 1. The van der Waals surface area contributed by atoms with Crippen molar-refractivity contribution in [3.8, 4) is 0 Å². The average Bonchev–Trinajstić information content (AvgIpc) is 2.54. The molecule has 0 aliphatic carbocycles. The lowest BCUT2D eigenvalue weighted by molar-refractivity contribution is -0.122. The molecule has 1 fully saturated rings. The van der Waals surface area contributed by atoms with Crippen molar-refractivity contribution in [2.45, 2.75) is 13.8 Å². The van der Waals surface area contributed by atoms with Crippen molar-refractivity contribution < 1.29 is 19.5 Å². The van der Waals surface area contributed by atoms with Crippen LogP contribution in [-0.2, 0) is 9.59 Å². The van der Waals surface area contributed by atoms with Crippen LogP contribution in [0, 0.1) is 11.8 Å². The smallest absolute Gasteiger partial charge is 0.354 e. The SMILES string of the molecule is CC1C(=O)N(c2ccc(C(=O)O)nc2)C(=O)C1C. The molecule has 2 atom stereocenters. The highest BCUT2D eigenvalue weighted by molar-refractivity contribution is 6.21. The number of carboxylic acids is 1. The lowest BCUT2D eigenvalue weighted by Crippen LogP contribution is -2.30. The minimum atomic E-state index is -1.15. The molecule has 1 aromatic heterocycles. The topological polar surface area (TPSA) is 87.6 Å². The highest BCUT2D eigenvalue weighted by Crippen LogP contribution is 2.29. The number of rotatable bonds is 2. The van der Waals surface area contributed by atoms with Gasteiger partial charge in [-0.3, -0.25) is 9.59 Å². The van der Waals surface area contributed by atoms with Crippen molar-refractivity contribution in [3.05, 3.63) is 24.0 Å². The number of carboxylic acid groups (broad SMARTS) is 1. The van der Waals surface area contributed by atoms with Crippen LogP contribution in [0.1, 0.15) is 24.3 Å². The van der Waals surface area contributed by atoms with Gasteiger partial charge in [-0.05, 0) is 12.1 Å². The van der Waals surface area contributed by atoms with E-state index in [0.29, 0.717) is 5.69 Å². The first kappa shape index (κ1) is 12.2. The van der Waals surface area contributed by atoms with E-state index in [4.69, 9.17) is 5.11 Å². The van der Waals surface area contributed by atoms with Crippen LogP contribution in [0.4, 0.5) is 5.69 Å². The van der Waals surface area contributed by atoms with Gasteiger partial charge >= 0.3 is 5.97 Å². The fraction of sp³-hybridized carbons (Fsp3) is 0.333. The molecule has 2 rings (SSSR count). The first-order chi connectivity index (χ1) is 8.43. The van der Waals surface area contributed by atoms with Crippen molar-refractivity contribution in [1.29, 1.82) is 0 Å². The van der Waals surface area contributed by atoms with E-state index in [2.05, 4.69) is 4.98 Å². The van der Waals surface area contributed by atoms with Gasteiger partial charge in [0, 0.05) is 11.8 Å². The van der Waals surface area contributed by atoms with Crippen molar-refractivity contribution >= 4 is 23.5 Å². The number of carbonyl (C=O) groups is 3. The molecule has 2 heterocycles. The molecule has 1 aliphatic rings. The molecule has 2 unspecified atom stereocenters. The lowest BCUT2D eigenvalue weighted by atomic mass is 10.00. The second-order valence-electron chi connectivity index (χ2n) is 4.30. The number of hydrogen-bond acceptors (Lipinski definition) is 4. The van der Waals surface area contributed by atoms with Gasteiger partial charge in [-0.15, -0.1) is 0 Å². The third-order valence-electron chi connectivity index (χ3n) is 3.20. The second kappa shape index (κ2) is 4.21. The number of aromatic nitrogens is 1. The number of aromatic carboxylic acids is 1. The van der Waals surface area contributed by atoms with Crippen LogP contribution in [-0.4, -0.2) is 27.9 Å². The Kier molecular flexibility index (Phi) is 2.86. The maximum atomic E-state index is 11.9. The minimum Gasteiger partial charge on any atom is -0.477 e. The van der Waals surface area contributed by atoms with Gasteiger partial charge in [0.1, 0.15) is 5.69 Å². The maximum Gasteiger partial charge on any atom is 0.354 e. The van der Waals surface area contributed by atoms with E-state index in [9.17, 15) is 14.4 Å². The molecule has 1 saturated heterocycles. The van der Waals surface area contributed by atoms with E-state index < -0.39 is 5.97 Å². The monoisotopic (exact) mass is 248 g/mol. The first-order valence-electron chi connectivity index (χ1n) is 5.50. The average molecular weight is 248 g/mol. The van der Waals surface area contributed by atoms with Crippen LogP contribution < -0.4 is 4.90 Å². The van der Waals surface area contributed by atoms with E-state index >= 15 is 0 Å². The van der Waals surface area contributed by atoms with Crippen LogP contribution in [0.5, 0.6) is 0 Å². The predicted molar refractivity (Wildman–Crippen MR) is 62.0 cm³/mol.